The lowest BCUT2D eigenvalue weighted by molar-refractivity contribution is -0.137. The van der Waals surface area contributed by atoms with Gasteiger partial charge in [0.2, 0.25) is 11.7 Å². The van der Waals surface area contributed by atoms with Crippen LogP contribution in [0, 0.1) is 0 Å². The van der Waals surface area contributed by atoms with E-state index in [-0.39, 0.29) is 11.9 Å². The third kappa shape index (κ3) is 4.64. The van der Waals surface area contributed by atoms with E-state index in [9.17, 15) is 13.2 Å². The Hall–Kier alpha value is -3.53. The van der Waals surface area contributed by atoms with Gasteiger partial charge in [0.25, 0.3) is 0 Å². The van der Waals surface area contributed by atoms with Crippen molar-refractivity contribution in [2.75, 3.05) is 7.05 Å². The van der Waals surface area contributed by atoms with E-state index in [4.69, 9.17) is 4.52 Å². The highest BCUT2D eigenvalue weighted by Gasteiger charge is 2.30. The van der Waals surface area contributed by atoms with Crippen LogP contribution in [0.3, 0.4) is 0 Å². The van der Waals surface area contributed by atoms with Gasteiger partial charge in [-0.1, -0.05) is 29.4 Å². The molecule has 0 saturated heterocycles. The molecule has 0 amide bonds. The highest BCUT2D eigenvalue weighted by Crippen LogP contribution is 2.30. The van der Waals surface area contributed by atoms with Gasteiger partial charge in [0.1, 0.15) is 12.7 Å². The fourth-order valence-corrected chi connectivity index (χ4v) is 3.10. The van der Waals surface area contributed by atoms with Crippen LogP contribution in [0.5, 0.6) is 0 Å². The second-order valence-electron chi connectivity index (χ2n) is 7.11. The summed E-state index contributed by atoms with van der Waals surface area (Å²) >= 11 is 0. The van der Waals surface area contributed by atoms with E-state index in [0.29, 0.717) is 18.0 Å². The zero-order valence-corrected chi connectivity index (χ0v) is 16.8. The lowest BCUT2D eigenvalue weighted by atomic mass is 10.1. The second kappa shape index (κ2) is 8.31. The van der Waals surface area contributed by atoms with E-state index in [1.54, 1.807) is 11.0 Å². The van der Waals surface area contributed by atoms with Crippen LogP contribution in [0.1, 0.15) is 30.0 Å². The first kappa shape index (κ1) is 20.7. The Bertz CT molecular complexity index is 1120. The van der Waals surface area contributed by atoms with Gasteiger partial charge in [-0.05, 0) is 43.8 Å². The van der Waals surface area contributed by atoms with Gasteiger partial charge in [0.15, 0.2) is 0 Å². The van der Waals surface area contributed by atoms with Crippen molar-refractivity contribution in [3.63, 3.8) is 0 Å². The highest BCUT2D eigenvalue weighted by atomic mass is 19.4. The van der Waals surface area contributed by atoms with E-state index in [2.05, 4.69) is 27.1 Å². The average molecular weight is 428 g/mol. The van der Waals surface area contributed by atoms with Crippen LogP contribution in [-0.2, 0) is 12.7 Å². The Morgan fingerprint density at radius 3 is 2.39 bits per heavy atom. The monoisotopic (exact) mass is 428 g/mol. The molecule has 160 valence electrons. The first-order valence-electron chi connectivity index (χ1n) is 9.46. The van der Waals surface area contributed by atoms with Gasteiger partial charge in [0, 0.05) is 11.6 Å². The predicted octanol–water partition coefficient (Wildman–Crippen LogP) is 4.53. The quantitative estimate of drug-likeness (QED) is 0.449. The Labute approximate surface area is 176 Å². The summed E-state index contributed by atoms with van der Waals surface area (Å²) in [6, 6.07) is 12.7. The highest BCUT2D eigenvalue weighted by molar-refractivity contribution is 5.54. The van der Waals surface area contributed by atoms with E-state index in [1.165, 1.54) is 18.5 Å². The molecule has 0 fully saturated rings. The lowest BCUT2D eigenvalue weighted by Gasteiger charge is -2.23. The molecular weight excluding hydrogens is 409 g/mol. The largest absolute Gasteiger partial charge is 0.416 e. The number of nitrogens with zero attached hydrogens (tertiary/aromatic N) is 6. The fourth-order valence-electron chi connectivity index (χ4n) is 3.10. The van der Waals surface area contributed by atoms with E-state index >= 15 is 0 Å². The number of alkyl halides is 3. The predicted molar refractivity (Wildman–Crippen MR) is 106 cm³/mol. The summed E-state index contributed by atoms with van der Waals surface area (Å²) in [7, 11) is 1.93. The van der Waals surface area contributed by atoms with E-state index in [1.807, 2.05) is 36.2 Å². The molecule has 0 aliphatic carbocycles. The van der Waals surface area contributed by atoms with Crippen LogP contribution < -0.4 is 0 Å². The molecule has 2 aromatic heterocycles. The Kier molecular flexibility index (Phi) is 5.55. The zero-order valence-electron chi connectivity index (χ0n) is 16.8. The van der Waals surface area contributed by atoms with Crippen LogP contribution in [0.25, 0.3) is 17.1 Å². The van der Waals surface area contributed by atoms with Crippen molar-refractivity contribution in [3.8, 4) is 17.1 Å². The van der Waals surface area contributed by atoms with Gasteiger partial charge >= 0.3 is 6.18 Å². The zero-order chi connectivity index (χ0) is 22.0. The minimum atomic E-state index is -4.38. The lowest BCUT2D eigenvalue weighted by Crippen LogP contribution is -2.22. The molecule has 0 saturated carbocycles. The van der Waals surface area contributed by atoms with Crippen molar-refractivity contribution >= 4 is 0 Å². The fraction of sp³-hybridized carbons (Fsp3) is 0.238. The smallest absolute Gasteiger partial charge is 0.338 e. The number of hydrogen-bond acceptors (Lipinski definition) is 6. The van der Waals surface area contributed by atoms with Crippen LogP contribution in [0.2, 0.25) is 0 Å². The SMILES string of the molecule is CC(c1ccc(-n2cncn2)cc1)N(C)Cc1nc(-c2ccc(C(F)(F)F)cc2)no1. The van der Waals surface area contributed by atoms with Crippen LogP contribution in [0.15, 0.2) is 65.7 Å². The van der Waals surface area contributed by atoms with Gasteiger partial charge < -0.3 is 4.52 Å². The third-order valence-corrected chi connectivity index (χ3v) is 5.04. The first-order chi connectivity index (χ1) is 14.8. The second-order valence-corrected chi connectivity index (χ2v) is 7.11. The Morgan fingerprint density at radius 1 is 1.06 bits per heavy atom. The molecule has 0 bridgehead atoms. The molecule has 1 atom stereocenters. The third-order valence-electron chi connectivity index (χ3n) is 5.04. The van der Waals surface area contributed by atoms with Gasteiger partial charge in [-0.2, -0.15) is 23.3 Å². The summed E-state index contributed by atoms with van der Waals surface area (Å²) < 4.78 is 45.1. The number of aromatic nitrogens is 5. The molecule has 4 rings (SSSR count). The molecule has 7 nitrogen and oxygen atoms in total. The number of hydrogen-bond donors (Lipinski definition) is 0. The molecule has 0 aliphatic rings. The molecule has 2 heterocycles. The van der Waals surface area contributed by atoms with Crippen molar-refractivity contribution in [2.24, 2.45) is 0 Å². The van der Waals surface area contributed by atoms with E-state index in [0.717, 1.165) is 23.4 Å². The van der Waals surface area contributed by atoms with Gasteiger partial charge in [-0.25, -0.2) is 9.67 Å². The molecule has 0 spiro atoms. The maximum Gasteiger partial charge on any atom is 0.416 e. The molecule has 31 heavy (non-hydrogen) atoms. The summed E-state index contributed by atoms with van der Waals surface area (Å²) in [5.74, 6) is 0.630. The van der Waals surface area contributed by atoms with Crippen molar-refractivity contribution in [1.29, 1.82) is 0 Å². The summed E-state index contributed by atoms with van der Waals surface area (Å²) in [5.41, 5.74) is 1.74. The number of rotatable bonds is 6. The Balaban J connectivity index is 1.42. The molecule has 0 N–H and O–H groups in total. The van der Waals surface area contributed by atoms with Crippen LogP contribution in [0.4, 0.5) is 13.2 Å². The van der Waals surface area contributed by atoms with Crippen molar-refractivity contribution in [1.82, 2.24) is 29.8 Å². The molecule has 1 unspecified atom stereocenters. The van der Waals surface area contributed by atoms with Crippen LogP contribution >= 0.6 is 0 Å². The summed E-state index contributed by atoms with van der Waals surface area (Å²) in [5, 5.41) is 8.00. The molecule has 0 aliphatic heterocycles. The molecule has 4 aromatic rings. The standard InChI is InChI=1S/C21H19F3N6O/c1-14(15-5-9-18(10-6-15)30-13-25-12-26-30)29(2)11-19-27-20(28-31-19)16-3-7-17(8-4-16)21(22,23)24/h3-10,12-14H,11H2,1-2H3. The minimum absolute atomic E-state index is 0.0613. The molecule has 0 radical (unpaired) electrons. The van der Waals surface area contributed by atoms with Gasteiger partial charge in [-0.3, -0.25) is 4.90 Å². The average Bonchev–Trinajstić information content (AvgIpc) is 3.45. The summed E-state index contributed by atoms with van der Waals surface area (Å²) in [6.07, 6.45) is -1.27. The maximum absolute atomic E-state index is 12.7. The summed E-state index contributed by atoms with van der Waals surface area (Å²) in [6.45, 7) is 2.44. The van der Waals surface area contributed by atoms with Gasteiger partial charge in [0.05, 0.1) is 17.8 Å². The van der Waals surface area contributed by atoms with Crippen molar-refractivity contribution < 1.29 is 17.7 Å². The molecular formula is C21H19F3N6O. The molecule has 2 aromatic carbocycles. The van der Waals surface area contributed by atoms with Crippen molar-refractivity contribution in [2.45, 2.75) is 25.7 Å². The maximum atomic E-state index is 12.7. The van der Waals surface area contributed by atoms with E-state index < -0.39 is 11.7 Å². The Morgan fingerprint density at radius 2 is 1.77 bits per heavy atom. The first-order valence-corrected chi connectivity index (χ1v) is 9.46. The normalized spacial score (nSPS) is 13.0. The number of benzene rings is 2. The minimum Gasteiger partial charge on any atom is -0.338 e. The topological polar surface area (TPSA) is 72.9 Å². The summed E-state index contributed by atoms with van der Waals surface area (Å²) in [4.78, 5) is 10.3. The van der Waals surface area contributed by atoms with Gasteiger partial charge in [-0.15, -0.1) is 0 Å². The molecule has 10 heteroatoms. The number of halogens is 3. The van der Waals surface area contributed by atoms with Crippen molar-refractivity contribution in [3.05, 3.63) is 78.2 Å². The van der Waals surface area contributed by atoms with Crippen LogP contribution in [-0.4, -0.2) is 36.9 Å².